The molecule has 1 amide bonds. The first kappa shape index (κ1) is 26.6. The highest BCUT2D eigenvalue weighted by molar-refractivity contribution is 7.22. The topological polar surface area (TPSA) is 97.0 Å². The molecule has 9 heteroatoms. The van der Waals surface area contributed by atoms with Gasteiger partial charge in [0.1, 0.15) is 22.8 Å². The van der Waals surface area contributed by atoms with Crippen LogP contribution in [-0.2, 0) is 9.59 Å². The first-order chi connectivity index (χ1) is 20.8. The number of benzene rings is 3. The van der Waals surface area contributed by atoms with E-state index in [0.717, 1.165) is 21.3 Å². The third-order valence-corrected chi connectivity index (χ3v) is 8.55. The Balaban J connectivity index is 1.45. The monoisotopic (exact) mass is 586 g/mol. The molecule has 1 atom stereocenters. The van der Waals surface area contributed by atoms with Gasteiger partial charge in [-0.15, -0.1) is 0 Å². The van der Waals surface area contributed by atoms with E-state index in [1.165, 1.54) is 16.2 Å². The van der Waals surface area contributed by atoms with Crippen molar-refractivity contribution in [1.29, 1.82) is 0 Å². The molecule has 43 heavy (non-hydrogen) atoms. The quantitative estimate of drug-likeness (QED) is 0.129. The summed E-state index contributed by atoms with van der Waals surface area (Å²) in [5.41, 5.74) is 4.87. The molecular formula is C34H26N4O4S. The zero-order valence-electron chi connectivity index (χ0n) is 23.6. The number of rotatable bonds is 5. The minimum atomic E-state index is -0.963. The SMILES string of the molecule is Cc1cc(C)c2nc(N3C(=O)C(=O)/C(=C(/O)c4c(C)nc5ccccn45)C3c3cccc(Oc4ccccc4)c3)sc2c1. The molecule has 3 aromatic carbocycles. The highest BCUT2D eigenvalue weighted by atomic mass is 32.1. The molecule has 1 fully saturated rings. The van der Waals surface area contributed by atoms with E-state index in [1.807, 2.05) is 80.6 Å². The van der Waals surface area contributed by atoms with Gasteiger partial charge in [-0.25, -0.2) is 9.97 Å². The number of pyridine rings is 1. The maximum Gasteiger partial charge on any atom is 0.301 e. The highest BCUT2D eigenvalue weighted by Crippen LogP contribution is 2.45. The molecule has 6 aromatic rings. The number of ketones is 1. The molecule has 8 nitrogen and oxygen atoms in total. The largest absolute Gasteiger partial charge is 0.505 e. The number of imidazole rings is 1. The molecule has 1 aliphatic heterocycles. The van der Waals surface area contributed by atoms with Crippen molar-refractivity contribution in [3.05, 3.63) is 125 Å². The van der Waals surface area contributed by atoms with E-state index >= 15 is 0 Å². The van der Waals surface area contributed by atoms with E-state index in [0.29, 0.717) is 39.2 Å². The Hall–Kier alpha value is -5.28. The van der Waals surface area contributed by atoms with Crippen molar-refractivity contribution in [2.45, 2.75) is 26.8 Å². The van der Waals surface area contributed by atoms with Gasteiger partial charge < -0.3 is 9.84 Å². The second kappa shape index (κ2) is 10.2. The van der Waals surface area contributed by atoms with Crippen LogP contribution in [0.5, 0.6) is 11.5 Å². The molecule has 1 N–H and O–H groups in total. The second-order valence-electron chi connectivity index (χ2n) is 10.6. The van der Waals surface area contributed by atoms with Crippen LogP contribution in [0.2, 0.25) is 0 Å². The number of nitrogens with zero attached hydrogens (tertiary/aromatic N) is 4. The number of hydrogen-bond donors (Lipinski definition) is 1. The molecule has 0 saturated carbocycles. The van der Waals surface area contributed by atoms with Gasteiger partial charge in [0.2, 0.25) is 0 Å². The van der Waals surface area contributed by atoms with E-state index in [4.69, 9.17) is 9.72 Å². The lowest BCUT2D eigenvalue weighted by atomic mass is 9.96. The van der Waals surface area contributed by atoms with Gasteiger partial charge in [0.05, 0.1) is 27.5 Å². The summed E-state index contributed by atoms with van der Waals surface area (Å²) in [6, 6.07) is 25.1. The number of para-hydroxylation sites is 1. The zero-order chi connectivity index (χ0) is 29.8. The average molecular weight is 587 g/mol. The molecule has 0 bridgehead atoms. The van der Waals surface area contributed by atoms with Crippen molar-refractivity contribution in [1.82, 2.24) is 14.4 Å². The summed E-state index contributed by atoms with van der Waals surface area (Å²) in [6.07, 6.45) is 1.77. The van der Waals surface area contributed by atoms with Crippen LogP contribution in [0.15, 0.2) is 96.7 Å². The van der Waals surface area contributed by atoms with Crippen LogP contribution in [0.4, 0.5) is 5.13 Å². The molecule has 1 unspecified atom stereocenters. The second-order valence-corrected chi connectivity index (χ2v) is 11.6. The van der Waals surface area contributed by atoms with E-state index in [2.05, 4.69) is 4.98 Å². The lowest BCUT2D eigenvalue weighted by Gasteiger charge is -2.23. The molecule has 0 radical (unpaired) electrons. The fourth-order valence-electron chi connectivity index (χ4n) is 5.71. The first-order valence-electron chi connectivity index (χ1n) is 13.8. The normalized spacial score (nSPS) is 16.4. The van der Waals surface area contributed by atoms with Crippen LogP contribution >= 0.6 is 11.3 Å². The molecule has 0 spiro atoms. The summed E-state index contributed by atoms with van der Waals surface area (Å²) < 4.78 is 8.73. The summed E-state index contributed by atoms with van der Waals surface area (Å²) in [5.74, 6) is -0.692. The fourth-order valence-corrected chi connectivity index (χ4v) is 6.87. The van der Waals surface area contributed by atoms with E-state index < -0.39 is 17.7 Å². The smallest absolute Gasteiger partial charge is 0.301 e. The van der Waals surface area contributed by atoms with Crippen molar-refractivity contribution in [2.75, 3.05) is 4.90 Å². The minimum Gasteiger partial charge on any atom is -0.505 e. The Kier molecular flexibility index (Phi) is 6.32. The summed E-state index contributed by atoms with van der Waals surface area (Å²) in [5, 5.41) is 12.2. The molecular weight excluding hydrogens is 560 g/mol. The molecule has 1 aliphatic rings. The average Bonchev–Trinajstić information content (AvgIpc) is 3.64. The van der Waals surface area contributed by atoms with Crippen LogP contribution in [-0.4, -0.2) is 31.2 Å². The molecule has 3 aromatic heterocycles. The van der Waals surface area contributed by atoms with Crippen LogP contribution in [0.1, 0.15) is 34.1 Å². The van der Waals surface area contributed by atoms with Gasteiger partial charge in [-0.3, -0.25) is 18.9 Å². The van der Waals surface area contributed by atoms with Crippen molar-refractivity contribution < 1.29 is 19.4 Å². The maximum atomic E-state index is 13.9. The Morgan fingerprint density at radius 3 is 2.47 bits per heavy atom. The third kappa shape index (κ3) is 4.45. The number of thiazole rings is 1. The van der Waals surface area contributed by atoms with E-state index in [1.54, 1.807) is 35.7 Å². The van der Waals surface area contributed by atoms with Gasteiger partial charge in [0.25, 0.3) is 5.78 Å². The van der Waals surface area contributed by atoms with Crippen molar-refractivity contribution in [3.8, 4) is 11.5 Å². The number of aryl methyl sites for hydroxylation is 3. The molecule has 4 heterocycles. The van der Waals surface area contributed by atoms with Crippen molar-refractivity contribution in [3.63, 3.8) is 0 Å². The van der Waals surface area contributed by atoms with Crippen LogP contribution in [0.3, 0.4) is 0 Å². The third-order valence-electron chi connectivity index (χ3n) is 7.55. The summed E-state index contributed by atoms with van der Waals surface area (Å²) in [7, 11) is 0. The number of hydrogen-bond acceptors (Lipinski definition) is 7. The van der Waals surface area contributed by atoms with Gasteiger partial charge in [-0.1, -0.05) is 53.8 Å². The number of aliphatic hydroxyl groups is 1. The Bertz CT molecular complexity index is 2110. The number of carbonyl (C=O) groups excluding carboxylic acids is 2. The van der Waals surface area contributed by atoms with Crippen LogP contribution in [0, 0.1) is 20.8 Å². The summed E-state index contributed by atoms with van der Waals surface area (Å²) >= 11 is 1.34. The lowest BCUT2D eigenvalue weighted by molar-refractivity contribution is -0.132. The zero-order valence-corrected chi connectivity index (χ0v) is 24.4. The van der Waals surface area contributed by atoms with Gasteiger partial charge in [-0.05, 0) is 79.9 Å². The Morgan fingerprint density at radius 1 is 0.884 bits per heavy atom. The lowest BCUT2D eigenvalue weighted by Crippen LogP contribution is -2.29. The number of aromatic nitrogens is 3. The van der Waals surface area contributed by atoms with Gasteiger partial charge in [-0.2, -0.15) is 0 Å². The van der Waals surface area contributed by atoms with Gasteiger partial charge in [0.15, 0.2) is 10.9 Å². The fraction of sp³-hybridized carbons (Fsp3) is 0.118. The number of fused-ring (bicyclic) bond motifs is 2. The molecule has 212 valence electrons. The predicted molar refractivity (Wildman–Crippen MR) is 167 cm³/mol. The number of Topliss-reactive ketones (excluding diaryl/α,β-unsaturated/α-hetero) is 1. The predicted octanol–water partition coefficient (Wildman–Crippen LogP) is 7.29. The maximum absolute atomic E-state index is 13.9. The van der Waals surface area contributed by atoms with E-state index in [9.17, 15) is 14.7 Å². The number of anilines is 1. The van der Waals surface area contributed by atoms with Crippen molar-refractivity contribution >= 4 is 49.8 Å². The standard InChI is InChI=1S/C34H26N4O4S/c1-19-16-20(2)28-25(17-19)43-34(36-28)38-30(22-10-9-13-24(18-22)42-23-11-5-4-6-12-23)27(32(40)33(38)41)31(39)29-21(3)35-26-14-7-8-15-37(26)29/h4-18,30,39H,1-3H3/b31-27+. The molecule has 7 rings (SSSR count). The molecule has 0 aliphatic carbocycles. The van der Waals surface area contributed by atoms with E-state index in [-0.39, 0.29) is 11.3 Å². The number of carbonyl (C=O) groups is 2. The number of amides is 1. The summed E-state index contributed by atoms with van der Waals surface area (Å²) in [6.45, 7) is 5.75. The first-order valence-corrected chi connectivity index (χ1v) is 14.6. The van der Waals surface area contributed by atoms with Gasteiger partial charge in [0, 0.05) is 6.20 Å². The molecule has 1 saturated heterocycles. The Morgan fingerprint density at radius 2 is 1.65 bits per heavy atom. The highest BCUT2D eigenvalue weighted by Gasteiger charge is 2.48. The van der Waals surface area contributed by atoms with Crippen LogP contribution < -0.4 is 9.64 Å². The summed E-state index contributed by atoms with van der Waals surface area (Å²) in [4.78, 5) is 38.5. The minimum absolute atomic E-state index is 0.0391. The van der Waals surface area contributed by atoms with Crippen molar-refractivity contribution in [2.24, 2.45) is 0 Å². The number of ether oxygens (including phenoxy) is 1. The van der Waals surface area contributed by atoms with Crippen LogP contribution in [0.25, 0.3) is 21.6 Å². The van der Waals surface area contributed by atoms with Gasteiger partial charge >= 0.3 is 5.91 Å². The Labute approximate surface area is 251 Å². The number of aliphatic hydroxyl groups excluding tert-OH is 1.